The third-order valence-electron chi connectivity index (χ3n) is 6.74. The van der Waals surface area contributed by atoms with Crippen LogP contribution in [0, 0.1) is 39.9 Å². The quantitative estimate of drug-likeness (QED) is 0.170. The van der Waals surface area contributed by atoms with Crippen molar-refractivity contribution in [2.45, 2.75) is 18.9 Å². The van der Waals surface area contributed by atoms with E-state index in [1.54, 1.807) is 31.2 Å². The minimum atomic E-state index is -3.53. The third-order valence-corrected chi connectivity index (χ3v) is 7.72. The van der Waals surface area contributed by atoms with Gasteiger partial charge in [0, 0.05) is 41.2 Å². The molecule has 0 N–H and O–H groups in total. The maximum Gasteiger partial charge on any atom is 0.424 e. The summed E-state index contributed by atoms with van der Waals surface area (Å²) in [6, 6.07) is 10.6. The molecule has 0 aliphatic heterocycles. The summed E-state index contributed by atoms with van der Waals surface area (Å²) in [6.45, 7) is 3.22. The molecule has 0 saturated carbocycles. The maximum atomic E-state index is 14.5. The van der Waals surface area contributed by atoms with E-state index in [-0.39, 0.29) is 27.4 Å². The van der Waals surface area contributed by atoms with E-state index in [9.17, 15) is 37.8 Å². The number of carbonyl (C=O) groups excluding carboxylic acids is 1. The van der Waals surface area contributed by atoms with Gasteiger partial charge in [-0.3, -0.25) is 25.2 Å². The average molecular weight is 606 g/mol. The number of benzene rings is 2. The van der Waals surface area contributed by atoms with Gasteiger partial charge in [-0.2, -0.15) is 0 Å². The normalized spacial score (nSPS) is 11.4. The first-order valence-corrected chi connectivity index (χ1v) is 14.2. The second kappa shape index (κ2) is 10.7. The zero-order valence-electron chi connectivity index (χ0n) is 22.6. The summed E-state index contributed by atoms with van der Waals surface area (Å²) in [5.74, 6) is -1.17. The van der Waals surface area contributed by atoms with Crippen molar-refractivity contribution in [1.29, 1.82) is 0 Å². The summed E-state index contributed by atoms with van der Waals surface area (Å²) in [6.07, 6.45) is 3.74. The first kappa shape index (κ1) is 28.9. The SMILES string of the molecule is Cc1cc(S(C)(=O)=O)ncc1-c1ccc2c(c1)cc(-c1cncc(F)c1C)n2C(=O)Oc1ccc([N+](=O)[O-])cc1[N+](=O)[O-]. The minimum absolute atomic E-state index is 0.0829. The van der Waals surface area contributed by atoms with Gasteiger partial charge in [-0.1, -0.05) is 6.07 Å². The zero-order valence-corrected chi connectivity index (χ0v) is 23.5. The van der Waals surface area contributed by atoms with Crippen LogP contribution in [0.5, 0.6) is 5.75 Å². The molecule has 0 amide bonds. The highest BCUT2D eigenvalue weighted by atomic mass is 32.2. The highest BCUT2D eigenvalue weighted by molar-refractivity contribution is 7.90. The van der Waals surface area contributed by atoms with E-state index >= 15 is 0 Å². The molecule has 0 aliphatic carbocycles. The van der Waals surface area contributed by atoms with Crippen LogP contribution in [0.4, 0.5) is 20.6 Å². The lowest BCUT2D eigenvalue weighted by Crippen LogP contribution is -2.18. The fourth-order valence-corrected chi connectivity index (χ4v) is 5.19. The lowest BCUT2D eigenvalue weighted by molar-refractivity contribution is -0.394. The monoisotopic (exact) mass is 605 g/mol. The third kappa shape index (κ3) is 5.40. The number of fused-ring (bicyclic) bond motifs is 1. The van der Waals surface area contributed by atoms with Gasteiger partial charge < -0.3 is 4.74 Å². The molecule has 3 heterocycles. The molecule has 0 fully saturated rings. The van der Waals surface area contributed by atoms with Gasteiger partial charge in [0.1, 0.15) is 5.82 Å². The first-order chi connectivity index (χ1) is 20.3. The predicted molar refractivity (Wildman–Crippen MR) is 152 cm³/mol. The summed E-state index contributed by atoms with van der Waals surface area (Å²) >= 11 is 0. The Hall–Kier alpha value is -5.57. The number of ether oxygens (including phenoxy) is 1. The van der Waals surface area contributed by atoms with Crippen LogP contribution in [-0.2, 0) is 9.84 Å². The number of sulfone groups is 1. The molecule has 5 rings (SSSR count). The Morgan fingerprint density at radius 3 is 2.35 bits per heavy atom. The van der Waals surface area contributed by atoms with E-state index in [0.29, 0.717) is 28.1 Å². The molecule has 13 nitrogen and oxygen atoms in total. The number of carbonyl (C=O) groups is 1. The highest BCUT2D eigenvalue weighted by Crippen LogP contribution is 2.36. The molecule has 0 unspecified atom stereocenters. The highest BCUT2D eigenvalue weighted by Gasteiger charge is 2.26. The number of aryl methyl sites for hydroxylation is 1. The topological polar surface area (TPSA) is 177 Å². The Labute approximate surface area is 242 Å². The number of nitro groups is 2. The van der Waals surface area contributed by atoms with Crippen molar-refractivity contribution in [3.63, 3.8) is 0 Å². The number of nitro benzene ring substituents is 2. The lowest BCUT2D eigenvalue weighted by atomic mass is 10.0. The summed E-state index contributed by atoms with van der Waals surface area (Å²) in [5.41, 5.74) is 1.38. The number of hydrogen-bond donors (Lipinski definition) is 0. The van der Waals surface area contributed by atoms with E-state index < -0.39 is 48.7 Å². The van der Waals surface area contributed by atoms with Gasteiger partial charge in [0.2, 0.25) is 5.75 Å². The Balaban J connectivity index is 1.67. The molecule has 0 saturated heterocycles. The van der Waals surface area contributed by atoms with Crippen LogP contribution in [0.2, 0.25) is 0 Å². The fraction of sp³-hybridized carbons (Fsp3) is 0.107. The van der Waals surface area contributed by atoms with E-state index in [1.165, 1.54) is 25.4 Å². The zero-order chi connectivity index (χ0) is 31.2. The number of aromatic nitrogens is 3. The fourth-order valence-electron chi connectivity index (χ4n) is 4.56. The lowest BCUT2D eigenvalue weighted by Gasteiger charge is -2.12. The van der Waals surface area contributed by atoms with Gasteiger partial charge in [-0.05, 0) is 60.9 Å². The van der Waals surface area contributed by atoms with Crippen LogP contribution in [0.1, 0.15) is 11.1 Å². The van der Waals surface area contributed by atoms with Crippen molar-refractivity contribution in [2.24, 2.45) is 0 Å². The van der Waals surface area contributed by atoms with Crippen molar-refractivity contribution in [1.82, 2.24) is 14.5 Å². The van der Waals surface area contributed by atoms with Gasteiger partial charge in [0.05, 0.1) is 33.3 Å². The van der Waals surface area contributed by atoms with E-state index in [4.69, 9.17) is 4.74 Å². The van der Waals surface area contributed by atoms with E-state index in [0.717, 1.165) is 29.2 Å². The van der Waals surface area contributed by atoms with Gasteiger partial charge in [0.25, 0.3) is 5.69 Å². The molecule has 218 valence electrons. The minimum Gasteiger partial charge on any atom is -0.402 e. The maximum absolute atomic E-state index is 14.5. The van der Waals surface area contributed by atoms with Crippen molar-refractivity contribution in [3.8, 4) is 28.1 Å². The number of non-ortho nitro benzene ring substituents is 1. The van der Waals surface area contributed by atoms with E-state index in [2.05, 4.69) is 9.97 Å². The molecular weight excluding hydrogens is 585 g/mol. The summed E-state index contributed by atoms with van der Waals surface area (Å²) in [5, 5.41) is 23.1. The first-order valence-electron chi connectivity index (χ1n) is 12.3. The van der Waals surface area contributed by atoms with Crippen LogP contribution in [0.15, 0.2) is 72.1 Å². The van der Waals surface area contributed by atoms with E-state index in [1.807, 2.05) is 0 Å². The molecule has 0 bridgehead atoms. The Morgan fingerprint density at radius 2 is 1.70 bits per heavy atom. The summed E-state index contributed by atoms with van der Waals surface area (Å²) in [7, 11) is -3.53. The Morgan fingerprint density at radius 1 is 0.953 bits per heavy atom. The van der Waals surface area contributed by atoms with Crippen molar-refractivity contribution < 1.29 is 32.2 Å². The van der Waals surface area contributed by atoms with Gasteiger partial charge >= 0.3 is 11.8 Å². The Kier molecular flexibility index (Phi) is 7.19. The number of hydrogen-bond acceptors (Lipinski definition) is 10. The smallest absolute Gasteiger partial charge is 0.402 e. The molecule has 0 radical (unpaired) electrons. The predicted octanol–water partition coefficient (Wildman–Crippen LogP) is 5.79. The van der Waals surface area contributed by atoms with Crippen molar-refractivity contribution in [3.05, 3.63) is 104 Å². The van der Waals surface area contributed by atoms with Crippen LogP contribution in [0.3, 0.4) is 0 Å². The molecular formula is C28H20FN5O8S. The summed E-state index contributed by atoms with van der Waals surface area (Å²) < 4.78 is 44.8. The van der Waals surface area contributed by atoms with Crippen LogP contribution < -0.4 is 4.74 Å². The van der Waals surface area contributed by atoms with Gasteiger partial charge in [-0.25, -0.2) is 27.2 Å². The second-order valence-electron chi connectivity index (χ2n) is 9.58. The molecule has 15 heteroatoms. The van der Waals surface area contributed by atoms with Crippen molar-refractivity contribution in [2.75, 3.05) is 6.26 Å². The number of nitrogens with zero attached hydrogens (tertiary/aromatic N) is 5. The molecule has 0 spiro atoms. The molecule has 0 aliphatic rings. The molecule has 2 aromatic carbocycles. The van der Waals surface area contributed by atoms with Crippen LogP contribution in [0.25, 0.3) is 33.3 Å². The molecule has 43 heavy (non-hydrogen) atoms. The number of pyridine rings is 2. The standard InChI is InChI=1S/C28H20FN5O8S/c1-15-8-27(43(3,40)41)31-13-20(15)17-4-6-23-18(9-17)10-24(21-12-30-14-22(29)16(21)2)32(23)28(35)42-26-7-5-19(33(36)37)11-25(26)34(38)39/h4-14H,1-3H3. The van der Waals surface area contributed by atoms with Gasteiger partial charge in [-0.15, -0.1) is 0 Å². The van der Waals surface area contributed by atoms with Gasteiger partial charge in [0.15, 0.2) is 14.9 Å². The Bertz CT molecular complexity index is 2110. The largest absolute Gasteiger partial charge is 0.424 e. The summed E-state index contributed by atoms with van der Waals surface area (Å²) in [4.78, 5) is 42.6. The number of halogens is 1. The molecule has 5 aromatic rings. The van der Waals surface area contributed by atoms with Crippen molar-refractivity contribution >= 4 is 38.2 Å². The van der Waals surface area contributed by atoms with Crippen LogP contribution in [-0.4, -0.2) is 45.1 Å². The number of rotatable bonds is 6. The van der Waals surface area contributed by atoms with Crippen LogP contribution >= 0.6 is 0 Å². The molecule has 0 atom stereocenters. The average Bonchev–Trinajstić information content (AvgIpc) is 3.32. The second-order valence-corrected chi connectivity index (χ2v) is 11.5. The molecule has 3 aromatic heterocycles.